The van der Waals surface area contributed by atoms with Crippen LogP contribution in [-0.4, -0.2) is 38.6 Å². The molecule has 0 aliphatic heterocycles. The molecule has 1 aliphatic carbocycles. The lowest BCUT2D eigenvalue weighted by Gasteiger charge is -2.06. The molecule has 6 nitrogen and oxygen atoms in total. The first kappa shape index (κ1) is 17.1. The van der Waals surface area contributed by atoms with E-state index in [0.29, 0.717) is 5.69 Å². The molecule has 0 radical (unpaired) electrons. The third-order valence-electron chi connectivity index (χ3n) is 3.53. The molecule has 0 unspecified atom stereocenters. The Morgan fingerprint density at radius 1 is 1.24 bits per heavy atom. The van der Waals surface area contributed by atoms with Gasteiger partial charge in [0.15, 0.2) is 0 Å². The van der Waals surface area contributed by atoms with Crippen molar-refractivity contribution in [1.29, 1.82) is 0 Å². The molecule has 1 aliphatic rings. The lowest BCUT2D eigenvalue weighted by molar-refractivity contribution is 0.578. The summed E-state index contributed by atoms with van der Waals surface area (Å²) in [7, 11) is -1.76. The Hall–Kier alpha value is -0.310. The van der Waals surface area contributed by atoms with Crippen LogP contribution in [0.1, 0.15) is 37.3 Å². The average Bonchev–Trinajstić information content (AvgIpc) is 2.91. The molecule has 1 aromatic heterocycles. The van der Waals surface area contributed by atoms with Crippen molar-refractivity contribution < 1.29 is 16.8 Å². The van der Waals surface area contributed by atoms with E-state index in [9.17, 15) is 16.8 Å². The van der Waals surface area contributed by atoms with E-state index in [1.807, 2.05) is 0 Å². The van der Waals surface area contributed by atoms with Gasteiger partial charge in [0, 0.05) is 22.9 Å². The Morgan fingerprint density at radius 3 is 2.29 bits per heavy atom. The normalized spacial score (nSPS) is 17.5. The van der Waals surface area contributed by atoms with Crippen LogP contribution < -0.4 is 0 Å². The molecule has 2 rings (SSSR count). The molecule has 1 fully saturated rings. The topological polar surface area (TPSA) is 86.1 Å². The van der Waals surface area contributed by atoms with E-state index < -0.39 is 18.9 Å². The molecule has 0 aromatic carbocycles. The fourth-order valence-electron chi connectivity index (χ4n) is 2.53. The molecule has 0 spiro atoms. The van der Waals surface area contributed by atoms with Crippen LogP contribution in [-0.2, 0) is 25.4 Å². The first-order chi connectivity index (χ1) is 9.59. The predicted molar refractivity (Wildman–Crippen MR) is 81.2 cm³/mol. The third kappa shape index (κ3) is 4.12. The highest BCUT2D eigenvalue weighted by atomic mass is 35.7. The number of rotatable bonds is 5. The molecule has 0 N–H and O–H groups in total. The summed E-state index contributed by atoms with van der Waals surface area (Å²) >= 11 is 6.06. The molecule has 1 heterocycles. The summed E-state index contributed by atoms with van der Waals surface area (Å²) in [6.45, 7) is 0.00377. The van der Waals surface area contributed by atoms with E-state index in [1.165, 1.54) is 4.68 Å². The summed E-state index contributed by atoms with van der Waals surface area (Å²) in [6, 6.07) is 0. The standard InChI is InChI=1S/C11H16Cl2N2O4S2/c1-20(16,17)7-6-15-11(12)10(21(13,18)19)9(14-15)8-4-2-3-5-8/h8H,2-7H2,1H3. The zero-order chi connectivity index (χ0) is 15.8. The van der Waals surface area contributed by atoms with E-state index >= 15 is 0 Å². The van der Waals surface area contributed by atoms with Crippen molar-refractivity contribution >= 4 is 41.2 Å². The zero-order valence-electron chi connectivity index (χ0n) is 11.4. The van der Waals surface area contributed by atoms with Gasteiger partial charge in [-0.1, -0.05) is 24.4 Å². The van der Waals surface area contributed by atoms with Gasteiger partial charge in [-0.25, -0.2) is 16.8 Å². The maximum atomic E-state index is 11.8. The zero-order valence-corrected chi connectivity index (χ0v) is 14.6. The summed E-state index contributed by atoms with van der Waals surface area (Å²) in [5.74, 6) is -0.161. The molecule has 1 aromatic rings. The molecule has 120 valence electrons. The highest BCUT2D eigenvalue weighted by molar-refractivity contribution is 8.13. The summed E-state index contributed by atoms with van der Waals surface area (Å²) in [5.41, 5.74) is 0.362. The van der Waals surface area contributed by atoms with Gasteiger partial charge in [-0.15, -0.1) is 0 Å². The van der Waals surface area contributed by atoms with E-state index in [4.69, 9.17) is 22.3 Å². The molecule has 0 saturated heterocycles. The Balaban J connectivity index is 2.44. The van der Waals surface area contributed by atoms with E-state index in [2.05, 4.69) is 5.10 Å². The molecule has 21 heavy (non-hydrogen) atoms. The molecular formula is C11H16Cl2N2O4S2. The van der Waals surface area contributed by atoms with Gasteiger partial charge in [0.05, 0.1) is 18.0 Å². The fourth-order valence-corrected chi connectivity index (χ4v) is 4.90. The summed E-state index contributed by atoms with van der Waals surface area (Å²) in [6.07, 6.45) is 4.76. The summed E-state index contributed by atoms with van der Waals surface area (Å²) in [4.78, 5) is -0.175. The van der Waals surface area contributed by atoms with Crippen molar-refractivity contribution in [2.75, 3.05) is 12.0 Å². The maximum absolute atomic E-state index is 11.8. The van der Waals surface area contributed by atoms with E-state index in [0.717, 1.165) is 31.9 Å². The number of aromatic nitrogens is 2. The minimum Gasteiger partial charge on any atom is -0.251 e. The van der Waals surface area contributed by atoms with Gasteiger partial charge in [-0.05, 0) is 12.8 Å². The Kier molecular flexibility index (Phi) is 4.92. The first-order valence-corrected chi connectivity index (χ1v) is 11.2. The molecule has 0 bridgehead atoms. The number of nitrogens with zero attached hydrogens (tertiary/aromatic N) is 2. The van der Waals surface area contributed by atoms with Crippen LogP contribution in [0.25, 0.3) is 0 Å². The monoisotopic (exact) mass is 374 g/mol. The Morgan fingerprint density at radius 2 is 1.81 bits per heavy atom. The molecular weight excluding hydrogens is 359 g/mol. The van der Waals surface area contributed by atoms with Gasteiger partial charge in [-0.2, -0.15) is 5.10 Å². The second-order valence-electron chi connectivity index (χ2n) is 5.28. The number of aryl methyl sites for hydroxylation is 1. The van der Waals surface area contributed by atoms with Crippen LogP contribution in [0.5, 0.6) is 0 Å². The first-order valence-electron chi connectivity index (χ1n) is 6.48. The largest absolute Gasteiger partial charge is 0.266 e. The second-order valence-corrected chi connectivity index (χ2v) is 10.4. The second kappa shape index (κ2) is 6.06. The Labute approximate surface area is 133 Å². The van der Waals surface area contributed by atoms with Gasteiger partial charge < -0.3 is 0 Å². The quantitative estimate of drug-likeness (QED) is 0.737. The highest BCUT2D eigenvalue weighted by Gasteiger charge is 2.32. The van der Waals surface area contributed by atoms with Crippen LogP contribution in [0, 0.1) is 0 Å². The molecule has 1 saturated carbocycles. The van der Waals surface area contributed by atoms with Gasteiger partial charge in [0.25, 0.3) is 9.05 Å². The van der Waals surface area contributed by atoms with Crippen LogP contribution in [0.4, 0.5) is 0 Å². The number of hydrogen-bond donors (Lipinski definition) is 0. The average molecular weight is 375 g/mol. The van der Waals surface area contributed by atoms with Crippen molar-refractivity contribution in [3.8, 4) is 0 Å². The molecule has 0 amide bonds. The SMILES string of the molecule is CS(=O)(=O)CCn1nc(C2CCCC2)c(S(=O)(=O)Cl)c1Cl. The van der Waals surface area contributed by atoms with Gasteiger partial charge in [-0.3, -0.25) is 4.68 Å². The van der Waals surface area contributed by atoms with Crippen LogP contribution >= 0.6 is 22.3 Å². The number of halogens is 2. The number of sulfone groups is 1. The Bertz CT molecular complexity index is 735. The predicted octanol–water partition coefficient (Wildman–Crippen LogP) is 2.17. The van der Waals surface area contributed by atoms with E-state index in [1.54, 1.807) is 0 Å². The highest BCUT2D eigenvalue weighted by Crippen LogP contribution is 2.40. The van der Waals surface area contributed by atoms with Crippen molar-refractivity contribution in [2.45, 2.75) is 43.0 Å². The van der Waals surface area contributed by atoms with Gasteiger partial charge in [0.1, 0.15) is 19.9 Å². The third-order valence-corrected chi connectivity index (χ3v) is 6.31. The van der Waals surface area contributed by atoms with Crippen LogP contribution in [0.15, 0.2) is 4.90 Å². The van der Waals surface area contributed by atoms with Crippen LogP contribution in [0.3, 0.4) is 0 Å². The van der Waals surface area contributed by atoms with Gasteiger partial charge >= 0.3 is 0 Å². The molecule has 0 atom stereocenters. The summed E-state index contributed by atoms with van der Waals surface area (Å²) in [5, 5.41) is 4.10. The smallest absolute Gasteiger partial charge is 0.251 e. The fraction of sp³-hybridized carbons (Fsp3) is 0.727. The van der Waals surface area contributed by atoms with Crippen molar-refractivity contribution in [3.63, 3.8) is 0 Å². The van der Waals surface area contributed by atoms with Gasteiger partial charge in [0.2, 0.25) is 0 Å². The van der Waals surface area contributed by atoms with E-state index in [-0.39, 0.29) is 28.3 Å². The van der Waals surface area contributed by atoms with Crippen molar-refractivity contribution in [1.82, 2.24) is 9.78 Å². The van der Waals surface area contributed by atoms with Crippen molar-refractivity contribution in [3.05, 3.63) is 10.8 Å². The lowest BCUT2D eigenvalue weighted by Crippen LogP contribution is -2.12. The maximum Gasteiger partial charge on any atom is 0.266 e. The number of hydrogen-bond acceptors (Lipinski definition) is 5. The van der Waals surface area contributed by atoms with Crippen LogP contribution in [0.2, 0.25) is 5.15 Å². The summed E-state index contributed by atoms with van der Waals surface area (Å²) < 4.78 is 47.2. The minimum atomic E-state index is -4.03. The minimum absolute atomic E-state index is 0.00377. The van der Waals surface area contributed by atoms with Crippen molar-refractivity contribution in [2.24, 2.45) is 0 Å². The lowest BCUT2D eigenvalue weighted by atomic mass is 10.1. The molecule has 10 heteroatoms.